The van der Waals surface area contributed by atoms with E-state index in [4.69, 9.17) is 5.11 Å². The Balaban J connectivity index is 2.49. The van der Waals surface area contributed by atoms with Gasteiger partial charge in [0, 0.05) is 19.6 Å². The molecule has 7 heteroatoms. The van der Waals surface area contributed by atoms with Crippen molar-refractivity contribution in [1.29, 1.82) is 0 Å². The minimum Gasteiger partial charge on any atom is -0.481 e. The van der Waals surface area contributed by atoms with Crippen molar-refractivity contribution in [2.24, 2.45) is 11.8 Å². The van der Waals surface area contributed by atoms with Gasteiger partial charge in [-0.05, 0) is 12.3 Å². The van der Waals surface area contributed by atoms with Crippen molar-refractivity contribution < 1.29 is 19.5 Å². The van der Waals surface area contributed by atoms with Gasteiger partial charge >= 0.3 is 12.0 Å². The summed E-state index contributed by atoms with van der Waals surface area (Å²) in [5.74, 6) is -1.80. The zero-order valence-electron chi connectivity index (χ0n) is 11.3. The highest BCUT2D eigenvalue weighted by Crippen LogP contribution is 2.10. The number of hydrogen-bond acceptors (Lipinski definition) is 3. The smallest absolute Gasteiger partial charge is 0.317 e. The first-order valence-electron chi connectivity index (χ1n) is 6.44. The Kier molecular flexibility index (Phi) is 5.59. The first-order chi connectivity index (χ1) is 8.91. The van der Waals surface area contributed by atoms with E-state index < -0.39 is 11.9 Å². The topological polar surface area (TPSA) is 98.7 Å². The average molecular weight is 271 g/mol. The average Bonchev–Trinajstić information content (AvgIpc) is 2.53. The van der Waals surface area contributed by atoms with Gasteiger partial charge in [-0.25, -0.2) is 4.79 Å². The van der Waals surface area contributed by atoms with Crippen molar-refractivity contribution >= 4 is 17.9 Å². The Hall–Kier alpha value is -1.79. The Bertz CT molecular complexity index is 357. The fourth-order valence-corrected chi connectivity index (χ4v) is 1.90. The zero-order chi connectivity index (χ0) is 14.4. The van der Waals surface area contributed by atoms with E-state index in [-0.39, 0.29) is 30.9 Å². The molecule has 108 valence electrons. The first-order valence-corrected chi connectivity index (χ1v) is 6.44. The largest absolute Gasteiger partial charge is 0.481 e. The Morgan fingerprint density at radius 3 is 2.74 bits per heavy atom. The molecule has 1 heterocycles. The molecular formula is C12H21N3O4. The molecule has 0 bridgehead atoms. The van der Waals surface area contributed by atoms with Crippen LogP contribution in [-0.4, -0.2) is 54.1 Å². The van der Waals surface area contributed by atoms with Crippen LogP contribution < -0.4 is 10.6 Å². The molecule has 0 radical (unpaired) electrons. The van der Waals surface area contributed by atoms with Crippen molar-refractivity contribution in [2.75, 3.05) is 26.2 Å². The van der Waals surface area contributed by atoms with Crippen molar-refractivity contribution in [3.63, 3.8) is 0 Å². The summed E-state index contributed by atoms with van der Waals surface area (Å²) in [4.78, 5) is 35.6. The number of nitrogens with zero attached hydrogens (tertiary/aromatic N) is 1. The van der Waals surface area contributed by atoms with Crippen LogP contribution in [0.1, 0.15) is 20.3 Å². The number of aliphatic carboxylic acids is 1. The first kappa shape index (κ1) is 15.3. The van der Waals surface area contributed by atoms with Crippen LogP contribution in [-0.2, 0) is 9.59 Å². The fraction of sp³-hybridized carbons (Fsp3) is 0.750. The normalized spacial score (nSPS) is 17.6. The molecule has 0 aromatic rings. The van der Waals surface area contributed by atoms with E-state index in [9.17, 15) is 14.4 Å². The summed E-state index contributed by atoms with van der Waals surface area (Å²) in [7, 11) is 0. The maximum atomic E-state index is 11.9. The Morgan fingerprint density at radius 2 is 2.16 bits per heavy atom. The number of amides is 3. The maximum absolute atomic E-state index is 11.9. The SMILES string of the molecule is CC(C)C(CNC(=O)N1CCCNC(=O)C1)C(=O)O. The summed E-state index contributed by atoms with van der Waals surface area (Å²) in [6, 6.07) is -0.385. The van der Waals surface area contributed by atoms with Gasteiger partial charge in [-0.15, -0.1) is 0 Å². The van der Waals surface area contributed by atoms with E-state index in [1.165, 1.54) is 4.90 Å². The quantitative estimate of drug-likeness (QED) is 0.663. The van der Waals surface area contributed by atoms with Crippen molar-refractivity contribution in [3.05, 3.63) is 0 Å². The second-order valence-corrected chi connectivity index (χ2v) is 5.00. The van der Waals surface area contributed by atoms with E-state index in [2.05, 4.69) is 10.6 Å². The van der Waals surface area contributed by atoms with Crippen LogP contribution in [0.15, 0.2) is 0 Å². The molecular weight excluding hydrogens is 250 g/mol. The van der Waals surface area contributed by atoms with E-state index >= 15 is 0 Å². The Labute approximate surface area is 112 Å². The van der Waals surface area contributed by atoms with Crippen molar-refractivity contribution in [2.45, 2.75) is 20.3 Å². The molecule has 0 aromatic heterocycles. The fourth-order valence-electron chi connectivity index (χ4n) is 1.90. The van der Waals surface area contributed by atoms with Gasteiger partial charge in [-0.3, -0.25) is 9.59 Å². The summed E-state index contributed by atoms with van der Waals surface area (Å²) in [6.07, 6.45) is 0.700. The number of carboxylic acid groups (broad SMARTS) is 1. The number of urea groups is 1. The molecule has 19 heavy (non-hydrogen) atoms. The third-order valence-corrected chi connectivity index (χ3v) is 3.14. The van der Waals surface area contributed by atoms with Gasteiger partial charge in [0.25, 0.3) is 0 Å². The molecule has 7 nitrogen and oxygen atoms in total. The summed E-state index contributed by atoms with van der Waals surface area (Å²) < 4.78 is 0. The van der Waals surface area contributed by atoms with E-state index in [1.807, 2.05) is 0 Å². The second kappa shape index (κ2) is 6.96. The van der Waals surface area contributed by atoms with Crippen molar-refractivity contribution in [1.82, 2.24) is 15.5 Å². The maximum Gasteiger partial charge on any atom is 0.317 e. The highest BCUT2D eigenvalue weighted by Gasteiger charge is 2.24. The monoisotopic (exact) mass is 271 g/mol. The van der Waals surface area contributed by atoms with Crippen LogP contribution in [0.5, 0.6) is 0 Å². The number of hydrogen-bond donors (Lipinski definition) is 3. The van der Waals surface area contributed by atoms with Gasteiger partial charge in [0.1, 0.15) is 6.54 Å². The van der Waals surface area contributed by atoms with Gasteiger partial charge in [0.2, 0.25) is 5.91 Å². The molecule has 3 amide bonds. The van der Waals surface area contributed by atoms with Crippen LogP contribution in [0, 0.1) is 11.8 Å². The minimum absolute atomic E-state index is 0.0191. The number of rotatable bonds is 4. The molecule has 1 unspecified atom stereocenters. The van der Waals surface area contributed by atoms with E-state index in [0.717, 1.165) is 0 Å². The lowest BCUT2D eigenvalue weighted by Gasteiger charge is -2.22. The molecule has 1 fully saturated rings. The molecule has 3 N–H and O–H groups in total. The number of carboxylic acids is 1. The number of nitrogens with one attached hydrogen (secondary N) is 2. The molecule has 1 atom stereocenters. The molecule has 0 aromatic carbocycles. The lowest BCUT2D eigenvalue weighted by atomic mass is 9.96. The highest BCUT2D eigenvalue weighted by molar-refractivity contribution is 5.84. The molecule has 1 saturated heterocycles. The number of carbonyl (C=O) groups excluding carboxylic acids is 2. The lowest BCUT2D eigenvalue weighted by Crippen LogP contribution is -2.46. The predicted octanol–water partition coefficient (Wildman–Crippen LogP) is -0.125. The van der Waals surface area contributed by atoms with Gasteiger partial charge in [0.15, 0.2) is 0 Å². The van der Waals surface area contributed by atoms with Crippen LogP contribution in [0.4, 0.5) is 4.79 Å². The van der Waals surface area contributed by atoms with Crippen LogP contribution in [0.25, 0.3) is 0 Å². The van der Waals surface area contributed by atoms with Crippen LogP contribution in [0.2, 0.25) is 0 Å². The molecule has 0 aliphatic carbocycles. The predicted molar refractivity (Wildman–Crippen MR) is 68.6 cm³/mol. The Morgan fingerprint density at radius 1 is 1.47 bits per heavy atom. The minimum atomic E-state index is -0.927. The van der Waals surface area contributed by atoms with Gasteiger partial charge < -0.3 is 20.6 Å². The molecule has 1 rings (SSSR count). The highest BCUT2D eigenvalue weighted by atomic mass is 16.4. The van der Waals surface area contributed by atoms with E-state index in [0.29, 0.717) is 19.5 Å². The third-order valence-electron chi connectivity index (χ3n) is 3.14. The molecule has 1 aliphatic rings. The summed E-state index contributed by atoms with van der Waals surface area (Å²) in [5.41, 5.74) is 0. The van der Waals surface area contributed by atoms with Gasteiger partial charge in [-0.1, -0.05) is 13.8 Å². The zero-order valence-corrected chi connectivity index (χ0v) is 11.3. The summed E-state index contributed by atoms with van der Waals surface area (Å²) in [5, 5.41) is 14.3. The lowest BCUT2D eigenvalue weighted by molar-refractivity contribution is -0.143. The molecule has 1 aliphatic heterocycles. The summed E-state index contributed by atoms with van der Waals surface area (Å²) in [6.45, 7) is 4.74. The number of carbonyl (C=O) groups is 3. The van der Waals surface area contributed by atoms with Gasteiger partial charge in [0.05, 0.1) is 5.92 Å². The van der Waals surface area contributed by atoms with Crippen LogP contribution >= 0.6 is 0 Å². The van der Waals surface area contributed by atoms with E-state index in [1.54, 1.807) is 13.8 Å². The second-order valence-electron chi connectivity index (χ2n) is 5.00. The van der Waals surface area contributed by atoms with Crippen LogP contribution in [0.3, 0.4) is 0 Å². The van der Waals surface area contributed by atoms with Gasteiger partial charge in [-0.2, -0.15) is 0 Å². The summed E-state index contributed by atoms with van der Waals surface area (Å²) >= 11 is 0. The standard InChI is InChI=1S/C12H21N3O4/c1-8(2)9(11(17)18)6-14-12(19)15-5-3-4-13-10(16)7-15/h8-9H,3-7H2,1-2H3,(H,13,16)(H,14,19)(H,17,18). The molecule has 0 spiro atoms. The molecule has 0 saturated carbocycles. The third kappa shape index (κ3) is 4.76. The van der Waals surface area contributed by atoms with Crippen molar-refractivity contribution in [3.8, 4) is 0 Å².